The molecule has 2 aromatic carbocycles. The second-order valence-corrected chi connectivity index (χ2v) is 9.27. The molecule has 1 aliphatic heterocycles. The monoisotopic (exact) mass is 491 g/mol. The first-order chi connectivity index (χ1) is 17.0. The van der Waals surface area contributed by atoms with Gasteiger partial charge in [-0.3, -0.25) is 4.79 Å². The molecule has 0 saturated carbocycles. The fourth-order valence-electron chi connectivity index (χ4n) is 4.37. The van der Waals surface area contributed by atoms with Crippen molar-refractivity contribution in [3.8, 4) is 5.75 Å². The average Bonchev–Trinajstić information content (AvgIpc) is 3.23. The summed E-state index contributed by atoms with van der Waals surface area (Å²) in [4.78, 5) is 27.7. The van der Waals surface area contributed by atoms with E-state index in [0.29, 0.717) is 49.0 Å². The lowest BCUT2D eigenvalue weighted by molar-refractivity contribution is 0.103. The van der Waals surface area contributed by atoms with Crippen molar-refractivity contribution >= 4 is 44.7 Å². The fourth-order valence-corrected chi connectivity index (χ4v) is 5.40. The number of hydrogen-bond acceptors (Lipinski definition) is 7. The first kappa shape index (κ1) is 23.0. The number of nitrogens with one attached hydrogen (secondary N) is 1. The maximum absolute atomic E-state index is 14.2. The zero-order chi connectivity index (χ0) is 24.4. The minimum Gasteiger partial charge on any atom is -0.494 e. The molecule has 0 bridgehead atoms. The molecule has 180 valence electrons. The van der Waals surface area contributed by atoms with E-state index < -0.39 is 0 Å². The highest BCUT2D eigenvalue weighted by atomic mass is 32.1. The van der Waals surface area contributed by atoms with Gasteiger partial charge in [-0.15, -0.1) is 11.3 Å². The maximum atomic E-state index is 14.2. The molecule has 7 nitrogen and oxygen atoms in total. The van der Waals surface area contributed by atoms with Crippen LogP contribution in [0.2, 0.25) is 0 Å². The van der Waals surface area contributed by atoms with Crippen LogP contribution in [0.15, 0.2) is 54.9 Å². The molecule has 0 aliphatic carbocycles. The Morgan fingerprint density at radius 2 is 1.77 bits per heavy atom. The Kier molecular flexibility index (Phi) is 6.50. The molecular weight excluding hydrogens is 465 g/mol. The van der Waals surface area contributed by atoms with E-state index >= 15 is 0 Å². The van der Waals surface area contributed by atoms with Crippen LogP contribution in [-0.2, 0) is 0 Å². The van der Waals surface area contributed by atoms with E-state index in [9.17, 15) is 9.18 Å². The molecule has 0 unspecified atom stereocenters. The highest BCUT2D eigenvalue weighted by Gasteiger charge is 2.25. The quantitative estimate of drug-likeness (QED) is 0.404. The van der Waals surface area contributed by atoms with Crippen LogP contribution in [0.4, 0.5) is 21.6 Å². The summed E-state index contributed by atoms with van der Waals surface area (Å²) in [5.74, 6) is 1.20. The number of halogens is 1. The topological polar surface area (TPSA) is 70.6 Å². The summed E-state index contributed by atoms with van der Waals surface area (Å²) < 4.78 is 19.7. The van der Waals surface area contributed by atoms with Gasteiger partial charge < -0.3 is 19.9 Å². The normalized spacial score (nSPS) is 13.8. The van der Waals surface area contributed by atoms with Crippen molar-refractivity contribution < 1.29 is 13.9 Å². The van der Waals surface area contributed by atoms with Crippen molar-refractivity contribution in [3.05, 3.63) is 71.1 Å². The van der Waals surface area contributed by atoms with Crippen molar-refractivity contribution in [3.63, 3.8) is 0 Å². The SMILES string of the molecule is CCOc1ccc(NC(=O)c2sc3ncnc(N4CCN(c5ccccc5F)CC4)c3c2C)cc1. The van der Waals surface area contributed by atoms with Crippen LogP contribution in [0, 0.1) is 12.7 Å². The number of carbonyl (C=O) groups is 1. The van der Waals surface area contributed by atoms with Crippen LogP contribution in [0.3, 0.4) is 0 Å². The number of para-hydroxylation sites is 1. The number of aromatic nitrogens is 2. The van der Waals surface area contributed by atoms with E-state index in [-0.39, 0.29) is 11.7 Å². The van der Waals surface area contributed by atoms with E-state index in [1.54, 1.807) is 12.4 Å². The number of anilines is 3. The molecule has 0 radical (unpaired) electrons. The first-order valence-corrected chi connectivity index (χ1v) is 12.4. The summed E-state index contributed by atoms with van der Waals surface area (Å²) in [6.07, 6.45) is 1.55. The van der Waals surface area contributed by atoms with E-state index in [4.69, 9.17) is 4.74 Å². The molecular formula is C26H26FN5O2S. The number of hydrogen-bond donors (Lipinski definition) is 1. The van der Waals surface area contributed by atoms with Gasteiger partial charge in [-0.2, -0.15) is 0 Å². The number of fused-ring (bicyclic) bond motifs is 1. The standard InChI is InChI=1S/C26H26FN5O2S/c1-3-34-19-10-8-18(9-11-19)30-25(33)23-17(2)22-24(28-16-29-26(22)35-23)32-14-12-31(13-15-32)21-7-5-4-6-20(21)27/h4-11,16H,3,12-15H2,1-2H3,(H,30,33). The molecule has 3 heterocycles. The second kappa shape index (κ2) is 9.87. The number of thiophene rings is 1. The third-order valence-corrected chi connectivity index (χ3v) is 7.31. The van der Waals surface area contributed by atoms with Crippen molar-refractivity contribution in [1.29, 1.82) is 0 Å². The van der Waals surface area contributed by atoms with Crippen molar-refractivity contribution in [1.82, 2.24) is 9.97 Å². The number of benzene rings is 2. The van der Waals surface area contributed by atoms with Crippen molar-refractivity contribution in [2.75, 3.05) is 47.9 Å². The largest absolute Gasteiger partial charge is 0.494 e. The van der Waals surface area contributed by atoms with Crippen molar-refractivity contribution in [2.45, 2.75) is 13.8 Å². The van der Waals surface area contributed by atoms with Gasteiger partial charge in [0.1, 0.15) is 28.5 Å². The maximum Gasteiger partial charge on any atom is 0.266 e. The molecule has 0 atom stereocenters. The number of rotatable bonds is 6. The van der Waals surface area contributed by atoms with Gasteiger partial charge in [0, 0.05) is 31.9 Å². The van der Waals surface area contributed by atoms with Crippen LogP contribution in [-0.4, -0.2) is 48.7 Å². The number of ether oxygens (including phenoxy) is 1. The van der Waals surface area contributed by atoms with Gasteiger partial charge in [0.15, 0.2) is 0 Å². The van der Waals surface area contributed by atoms with Gasteiger partial charge >= 0.3 is 0 Å². The Morgan fingerprint density at radius 1 is 1.06 bits per heavy atom. The minimum atomic E-state index is -0.206. The number of aryl methyl sites for hydroxylation is 1. The predicted molar refractivity (Wildman–Crippen MR) is 139 cm³/mol. The lowest BCUT2D eigenvalue weighted by atomic mass is 10.1. The highest BCUT2D eigenvalue weighted by molar-refractivity contribution is 7.20. The summed E-state index contributed by atoms with van der Waals surface area (Å²) in [6.45, 7) is 7.22. The number of piperazine rings is 1. The molecule has 1 saturated heterocycles. The Hall–Kier alpha value is -3.72. The summed E-state index contributed by atoms with van der Waals surface area (Å²) >= 11 is 1.37. The third-order valence-electron chi connectivity index (χ3n) is 6.11. The molecule has 1 N–H and O–H groups in total. The molecule has 1 amide bonds. The molecule has 2 aromatic heterocycles. The van der Waals surface area contributed by atoms with Gasteiger partial charge in [0.05, 0.1) is 22.6 Å². The molecule has 0 spiro atoms. The molecule has 9 heteroatoms. The van der Waals surface area contributed by atoms with Gasteiger partial charge in [-0.05, 0) is 55.8 Å². The van der Waals surface area contributed by atoms with Crippen LogP contribution in [0.1, 0.15) is 22.2 Å². The van der Waals surface area contributed by atoms with Gasteiger partial charge in [0.25, 0.3) is 5.91 Å². The fraction of sp³-hybridized carbons (Fsp3) is 0.269. The number of carbonyl (C=O) groups excluding carboxylic acids is 1. The van der Waals surface area contributed by atoms with Gasteiger partial charge in [-0.25, -0.2) is 14.4 Å². The highest BCUT2D eigenvalue weighted by Crippen LogP contribution is 2.36. The number of amides is 1. The smallest absolute Gasteiger partial charge is 0.266 e. The Labute approximate surface area is 207 Å². The number of nitrogens with zero attached hydrogens (tertiary/aromatic N) is 4. The Balaban J connectivity index is 1.35. The Bertz CT molecular complexity index is 1350. The first-order valence-electron chi connectivity index (χ1n) is 11.6. The van der Waals surface area contributed by atoms with E-state index in [1.165, 1.54) is 17.4 Å². The van der Waals surface area contributed by atoms with Crippen LogP contribution < -0.4 is 19.9 Å². The van der Waals surface area contributed by atoms with Gasteiger partial charge in [0.2, 0.25) is 0 Å². The van der Waals surface area contributed by atoms with Crippen LogP contribution in [0.5, 0.6) is 5.75 Å². The lowest BCUT2D eigenvalue weighted by Crippen LogP contribution is -2.47. The Morgan fingerprint density at radius 3 is 2.49 bits per heavy atom. The molecule has 35 heavy (non-hydrogen) atoms. The molecule has 5 rings (SSSR count). The minimum absolute atomic E-state index is 0.176. The average molecular weight is 492 g/mol. The van der Waals surface area contributed by atoms with E-state index in [0.717, 1.165) is 27.3 Å². The zero-order valence-electron chi connectivity index (χ0n) is 19.6. The summed E-state index contributed by atoms with van der Waals surface area (Å²) in [5.41, 5.74) is 2.19. The van der Waals surface area contributed by atoms with E-state index in [1.807, 2.05) is 50.2 Å². The summed E-state index contributed by atoms with van der Waals surface area (Å²) in [7, 11) is 0. The predicted octanol–water partition coefficient (Wildman–Crippen LogP) is 5.12. The zero-order valence-corrected chi connectivity index (χ0v) is 20.4. The summed E-state index contributed by atoms with van der Waals surface area (Å²) in [5, 5.41) is 3.87. The van der Waals surface area contributed by atoms with Crippen molar-refractivity contribution in [2.24, 2.45) is 0 Å². The van der Waals surface area contributed by atoms with Crippen LogP contribution in [0.25, 0.3) is 10.2 Å². The molecule has 1 fully saturated rings. The lowest BCUT2D eigenvalue weighted by Gasteiger charge is -2.37. The molecule has 4 aromatic rings. The third kappa shape index (κ3) is 4.64. The van der Waals surface area contributed by atoms with Crippen LogP contribution >= 0.6 is 11.3 Å². The van der Waals surface area contributed by atoms with E-state index in [2.05, 4.69) is 25.1 Å². The molecule has 1 aliphatic rings. The van der Waals surface area contributed by atoms with Gasteiger partial charge in [-0.1, -0.05) is 12.1 Å². The summed E-state index contributed by atoms with van der Waals surface area (Å²) in [6, 6.07) is 14.2. The second-order valence-electron chi connectivity index (χ2n) is 8.27.